The maximum atomic E-state index is 11.3. The third kappa shape index (κ3) is 7.49. The molecule has 0 atom stereocenters. The molecule has 3 rings (SSSR count). The Morgan fingerprint density at radius 3 is 2.62 bits per heavy atom. The number of aryl methyl sites for hydroxylation is 1. The van der Waals surface area contributed by atoms with Crippen molar-refractivity contribution < 1.29 is 17.9 Å². The highest BCUT2D eigenvalue weighted by molar-refractivity contribution is 7.98. The van der Waals surface area contributed by atoms with Gasteiger partial charge in [-0.2, -0.15) is 0 Å². The minimum atomic E-state index is -3.27. The summed E-state index contributed by atoms with van der Waals surface area (Å²) in [7, 11) is -1.71. The Kier molecular flexibility index (Phi) is 9.00. The van der Waals surface area contributed by atoms with Crippen molar-refractivity contribution in [3.05, 3.63) is 40.9 Å². The molecule has 1 aromatic carbocycles. The van der Waals surface area contributed by atoms with Crippen LogP contribution in [0.1, 0.15) is 23.9 Å². The molecule has 0 aliphatic heterocycles. The number of rotatable bonds is 12. The SMILES string of the molecule is CCCc1sc(-c2ccc(OC)c(OCCNS(C)(=O)=O)c2)nc1CSc1cc(N)cc(N)n1. The lowest BCUT2D eigenvalue weighted by molar-refractivity contribution is 0.299. The zero-order valence-electron chi connectivity index (χ0n) is 19.3. The number of hydrogen-bond donors (Lipinski definition) is 3. The molecule has 0 bridgehead atoms. The molecule has 34 heavy (non-hydrogen) atoms. The fourth-order valence-corrected chi connectivity index (χ4v) is 5.75. The number of thioether (sulfide) groups is 1. The van der Waals surface area contributed by atoms with Crippen LogP contribution in [0.2, 0.25) is 0 Å². The zero-order chi connectivity index (χ0) is 24.7. The molecule has 0 amide bonds. The quantitative estimate of drug-likeness (QED) is 0.240. The summed E-state index contributed by atoms with van der Waals surface area (Å²) >= 11 is 3.20. The number of hydrogen-bond acceptors (Lipinski definition) is 10. The van der Waals surface area contributed by atoms with E-state index in [9.17, 15) is 8.42 Å². The molecule has 0 spiro atoms. The highest BCUT2D eigenvalue weighted by Gasteiger charge is 2.15. The van der Waals surface area contributed by atoms with Gasteiger partial charge in [-0.15, -0.1) is 11.3 Å². The van der Waals surface area contributed by atoms with Gasteiger partial charge in [-0.1, -0.05) is 25.1 Å². The van der Waals surface area contributed by atoms with Gasteiger partial charge in [0.15, 0.2) is 11.5 Å². The van der Waals surface area contributed by atoms with Crippen LogP contribution in [0.25, 0.3) is 10.6 Å². The summed E-state index contributed by atoms with van der Waals surface area (Å²) in [5.41, 5.74) is 14.2. The largest absolute Gasteiger partial charge is 0.493 e. The maximum Gasteiger partial charge on any atom is 0.208 e. The smallest absolute Gasteiger partial charge is 0.208 e. The number of nitrogen functional groups attached to an aromatic ring is 2. The summed E-state index contributed by atoms with van der Waals surface area (Å²) in [5, 5.41) is 1.64. The van der Waals surface area contributed by atoms with Crippen molar-refractivity contribution >= 4 is 44.6 Å². The van der Waals surface area contributed by atoms with E-state index in [1.807, 2.05) is 18.2 Å². The molecule has 0 fully saturated rings. The van der Waals surface area contributed by atoms with Crippen molar-refractivity contribution in [1.29, 1.82) is 0 Å². The number of ether oxygens (including phenoxy) is 2. The van der Waals surface area contributed by atoms with E-state index < -0.39 is 10.0 Å². The number of nitrogens with two attached hydrogens (primary N) is 2. The Hall–Kier alpha value is -2.54. The number of benzene rings is 1. The van der Waals surface area contributed by atoms with Crippen molar-refractivity contribution in [3.8, 4) is 22.1 Å². The van der Waals surface area contributed by atoms with Gasteiger partial charge in [-0.3, -0.25) is 0 Å². The molecular formula is C22H29N5O4S3. The molecule has 184 valence electrons. The molecule has 0 unspecified atom stereocenters. The lowest BCUT2D eigenvalue weighted by atomic mass is 10.2. The predicted molar refractivity (Wildman–Crippen MR) is 139 cm³/mol. The molecule has 3 aromatic rings. The van der Waals surface area contributed by atoms with Crippen LogP contribution in [0.3, 0.4) is 0 Å². The lowest BCUT2D eigenvalue weighted by Gasteiger charge is -2.12. The fourth-order valence-electron chi connectivity index (χ4n) is 3.12. The number of nitrogens with zero attached hydrogens (tertiary/aromatic N) is 2. The fraction of sp³-hybridized carbons (Fsp3) is 0.364. The summed E-state index contributed by atoms with van der Waals surface area (Å²) in [4.78, 5) is 10.5. The normalized spacial score (nSPS) is 11.5. The molecule has 12 heteroatoms. The highest BCUT2D eigenvalue weighted by atomic mass is 32.2. The second-order valence-corrected chi connectivity index (χ2v) is 11.4. The first-order chi connectivity index (χ1) is 16.2. The van der Waals surface area contributed by atoms with Crippen LogP contribution in [0.4, 0.5) is 11.5 Å². The summed E-state index contributed by atoms with van der Waals surface area (Å²) in [5.74, 6) is 2.14. The van der Waals surface area contributed by atoms with Crippen LogP contribution >= 0.6 is 23.1 Å². The summed E-state index contributed by atoms with van der Waals surface area (Å²) in [6.45, 7) is 2.47. The number of aromatic nitrogens is 2. The Balaban J connectivity index is 1.80. The van der Waals surface area contributed by atoms with Crippen molar-refractivity contribution in [1.82, 2.24) is 14.7 Å². The molecule has 0 saturated heterocycles. The van der Waals surface area contributed by atoms with E-state index in [1.165, 1.54) is 4.88 Å². The summed E-state index contributed by atoms with van der Waals surface area (Å²) in [6, 6.07) is 9.06. The molecule has 5 N–H and O–H groups in total. The first-order valence-corrected chi connectivity index (χ1v) is 14.3. The van der Waals surface area contributed by atoms with Crippen molar-refractivity contribution in [2.24, 2.45) is 0 Å². The van der Waals surface area contributed by atoms with Gasteiger partial charge in [0, 0.05) is 34.5 Å². The van der Waals surface area contributed by atoms with E-state index in [1.54, 1.807) is 42.3 Å². The molecular weight excluding hydrogens is 494 g/mol. The molecule has 0 radical (unpaired) electrons. The van der Waals surface area contributed by atoms with Crippen LogP contribution in [0, 0.1) is 0 Å². The zero-order valence-corrected chi connectivity index (χ0v) is 21.8. The molecule has 2 aromatic heterocycles. The van der Waals surface area contributed by atoms with Gasteiger partial charge < -0.3 is 20.9 Å². The van der Waals surface area contributed by atoms with Gasteiger partial charge in [-0.05, 0) is 30.7 Å². The van der Waals surface area contributed by atoms with Crippen molar-refractivity contribution in [2.75, 3.05) is 38.0 Å². The Labute approximate surface area is 208 Å². The minimum absolute atomic E-state index is 0.161. The van der Waals surface area contributed by atoms with Crippen LogP contribution in [-0.4, -0.2) is 44.9 Å². The van der Waals surface area contributed by atoms with E-state index in [-0.39, 0.29) is 13.2 Å². The third-order valence-electron chi connectivity index (χ3n) is 4.59. The van der Waals surface area contributed by atoms with Gasteiger partial charge in [0.05, 0.1) is 19.1 Å². The van der Waals surface area contributed by atoms with Gasteiger partial charge in [0.1, 0.15) is 22.5 Å². The third-order valence-corrected chi connectivity index (χ3v) is 7.45. The van der Waals surface area contributed by atoms with Crippen molar-refractivity contribution in [3.63, 3.8) is 0 Å². The average Bonchev–Trinajstić information content (AvgIpc) is 3.17. The number of anilines is 2. The predicted octanol–water partition coefficient (Wildman–Crippen LogP) is 3.55. The highest BCUT2D eigenvalue weighted by Crippen LogP contribution is 2.37. The van der Waals surface area contributed by atoms with Gasteiger partial charge >= 0.3 is 0 Å². The second-order valence-electron chi connectivity index (χ2n) is 7.47. The van der Waals surface area contributed by atoms with Crippen LogP contribution in [0.5, 0.6) is 11.5 Å². The van der Waals surface area contributed by atoms with Gasteiger partial charge in [-0.25, -0.2) is 23.1 Å². The van der Waals surface area contributed by atoms with Crippen molar-refractivity contribution in [2.45, 2.75) is 30.5 Å². The van der Waals surface area contributed by atoms with Gasteiger partial charge in [0.25, 0.3) is 0 Å². The molecule has 0 aliphatic rings. The summed E-state index contributed by atoms with van der Waals surface area (Å²) < 4.78 is 36.1. The molecule has 9 nitrogen and oxygen atoms in total. The van der Waals surface area contributed by atoms with Crippen LogP contribution in [0.15, 0.2) is 35.4 Å². The second kappa shape index (κ2) is 11.7. The first kappa shape index (κ1) is 26.1. The maximum absolute atomic E-state index is 11.3. The van der Waals surface area contributed by atoms with Crippen LogP contribution < -0.4 is 25.7 Å². The number of pyridine rings is 1. The molecule has 0 aliphatic carbocycles. The van der Waals surface area contributed by atoms with E-state index >= 15 is 0 Å². The van der Waals surface area contributed by atoms with Gasteiger partial charge in [0.2, 0.25) is 10.0 Å². The van der Waals surface area contributed by atoms with Crippen LogP contribution in [-0.2, 0) is 22.2 Å². The van der Waals surface area contributed by atoms with E-state index in [2.05, 4.69) is 16.6 Å². The Morgan fingerprint density at radius 1 is 1.15 bits per heavy atom. The Bertz CT molecular complexity index is 1210. The Morgan fingerprint density at radius 2 is 1.94 bits per heavy atom. The minimum Gasteiger partial charge on any atom is -0.493 e. The number of thiazole rings is 1. The number of sulfonamides is 1. The topological polar surface area (TPSA) is 142 Å². The molecule has 2 heterocycles. The average molecular weight is 524 g/mol. The number of methoxy groups -OCH3 is 1. The monoisotopic (exact) mass is 523 g/mol. The van der Waals surface area contributed by atoms with E-state index in [0.717, 1.165) is 40.4 Å². The standard InChI is InChI=1S/C22H29N5O4S3/c1-4-5-19-16(13-32-21-12-15(23)11-20(24)27-21)26-22(33-19)14-6-7-17(30-2)18(10-14)31-9-8-25-34(3,28)29/h6-7,10-12,25H,4-5,8-9,13H2,1-3H3,(H4,23,24,27). The lowest BCUT2D eigenvalue weighted by Crippen LogP contribution is -2.26. The molecule has 0 saturated carbocycles. The summed E-state index contributed by atoms with van der Waals surface area (Å²) in [6.07, 6.45) is 3.04. The van der Waals surface area contributed by atoms with E-state index in [0.29, 0.717) is 28.8 Å². The first-order valence-electron chi connectivity index (χ1n) is 10.6. The number of nitrogens with one attached hydrogen (secondary N) is 1. The van der Waals surface area contributed by atoms with E-state index in [4.69, 9.17) is 25.9 Å².